The molecule has 0 aromatic rings. The molecule has 0 fully saturated rings. The van der Waals surface area contributed by atoms with Crippen molar-refractivity contribution in [3.05, 3.63) is 11.6 Å². The zero-order valence-electron chi connectivity index (χ0n) is 8.21. The topological polar surface area (TPSA) is 20.2 Å². The van der Waals surface area contributed by atoms with Crippen LogP contribution in [0.25, 0.3) is 0 Å². The molecule has 0 aromatic carbocycles. The van der Waals surface area contributed by atoms with Gasteiger partial charge in [0.1, 0.15) is 0 Å². The van der Waals surface area contributed by atoms with Crippen LogP contribution in [0.1, 0.15) is 46.0 Å². The summed E-state index contributed by atoms with van der Waals surface area (Å²) in [6.45, 7) is 4.38. The van der Waals surface area contributed by atoms with Crippen LogP contribution in [0, 0.1) is 5.92 Å². The molecule has 0 aromatic heterocycles. The van der Waals surface area contributed by atoms with Crippen molar-refractivity contribution in [2.45, 2.75) is 52.1 Å². The van der Waals surface area contributed by atoms with Crippen LogP contribution in [-0.2, 0) is 0 Å². The minimum Gasteiger partial charge on any atom is -0.393 e. The summed E-state index contributed by atoms with van der Waals surface area (Å²) in [7, 11) is 0. The summed E-state index contributed by atoms with van der Waals surface area (Å²) in [5.41, 5.74) is 1.46. The van der Waals surface area contributed by atoms with Crippen LogP contribution in [0.5, 0.6) is 0 Å². The lowest BCUT2D eigenvalue weighted by Crippen LogP contribution is -2.23. The molecule has 1 nitrogen and oxygen atoms in total. The number of aliphatic hydroxyl groups is 1. The molecule has 2 atom stereocenters. The third-order valence-corrected chi connectivity index (χ3v) is 2.76. The minimum atomic E-state index is -0.0692. The van der Waals surface area contributed by atoms with E-state index in [9.17, 15) is 5.11 Å². The average Bonchev–Trinajstić information content (AvgIpc) is 2.07. The maximum atomic E-state index is 9.67. The summed E-state index contributed by atoms with van der Waals surface area (Å²) in [5.74, 6) is 0.537. The fraction of sp³-hybridized carbons (Fsp3) is 0.818. The highest BCUT2D eigenvalue weighted by atomic mass is 16.3. The smallest absolute Gasteiger partial charge is 0.0605 e. The Balaban J connectivity index is 2.37. The Hall–Kier alpha value is -0.300. The van der Waals surface area contributed by atoms with E-state index in [2.05, 4.69) is 19.9 Å². The third kappa shape index (κ3) is 2.63. The van der Waals surface area contributed by atoms with Crippen LogP contribution in [0.3, 0.4) is 0 Å². The lowest BCUT2D eigenvalue weighted by molar-refractivity contribution is 0.0969. The molecular formula is C11H20O. The summed E-state index contributed by atoms with van der Waals surface area (Å²) < 4.78 is 0. The highest BCUT2D eigenvalue weighted by Gasteiger charge is 2.21. The van der Waals surface area contributed by atoms with Gasteiger partial charge >= 0.3 is 0 Å². The number of aliphatic hydroxyl groups excluding tert-OH is 1. The zero-order valence-corrected chi connectivity index (χ0v) is 8.21. The molecule has 0 amide bonds. The number of allylic oxidation sites excluding steroid dienone is 1. The predicted octanol–water partition coefficient (Wildman–Crippen LogP) is 2.89. The molecule has 0 bridgehead atoms. The monoisotopic (exact) mass is 168 g/mol. The first-order valence-corrected chi connectivity index (χ1v) is 5.07. The fourth-order valence-corrected chi connectivity index (χ4v) is 1.91. The van der Waals surface area contributed by atoms with Gasteiger partial charge in [-0.05, 0) is 32.1 Å². The maximum Gasteiger partial charge on any atom is 0.0605 e. The Morgan fingerprint density at radius 2 is 2.33 bits per heavy atom. The van der Waals surface area contributed by atoms with Crippen molar-refractivity contribution >= 4 is 0 Å². The summed E-state index contributed by atoms with van der Waals surface area (Å²) >= 11 is 0. The molecule has 0 spiro atoms. The van der Waals surface area contributed by atoms with E-state index in [1.807, 2.05) is 0 Å². The lowest BCUT2D eigenvalue weighted by atomic mass is 9.84. The maximum absolute atomic E-state index is 9.67. The van der Waals surface area contributed by atoms with Crippen molar-refractivity contribution in [1.29, 1.82) is 0 Å². The first-order valence-electron chi connectivity index (χ1n) is 5.07. The minimum absolute atomic E-state index is 0.0692. The largest absolute Gasteiger partial charge is 0.393 e. The van der Waals surface area contributed by atoms with Gasteiger partial charge in [0.2, 0.25) is 0 Å². The highest BCUT2D eigenvalue weighted by molar-refractivity contribution is 5.05. The van der Waals surface area contributed by atoms with Crippen LogP contribution < -0.4 is 0 Å². The second kappa shape index (κ2) is 4.66. The van der Waals surface area contributed by atoms with E-state index >= 15 is 0 Å². The summed E-state index contributed by atoms with van der Waals surface area (Å²) in [6.07, 6.45) is 7.79. The van der Waals surface area contributed by atoms with Crippen LogP contribution in [0.15, 0.2) is 11.6 Å². The van der Waals surface area contributed by atoms with E-state index in [1.165, 1.54) is 24.8 Å². The number of hydrogen-bond donors (Lipinski definition) is 1. The quantitative estimate of drug-likeness (QED) is 0.642. The average molecular weight is 168 g/mol. The lowest BCUT2D eigenvalue weighted by Gasteiger charge is -2.26. The van der Waals surface area contributed by atoms with E-state index in [1.54, 1.807) is 0 Å². The van der Waals surface area contributed by atoms with E-state index in [0.29, 0.717) is 5.92 Å². The molecule has 1 N–H and O–H groups in total. The highest BCUT2D eigenvalue weighted by Crippen LogP contribution is 2.28. The molecule has 1 aliphatic rings. The molecule has 1 rings (SSSR count). The first-order chi connectivity index (χ1) is 5.74. The molecule has 0 saturated carbocycles. The van der Waals surface area contributed by atoms with E-state index in [0.717, 1.165) is 12.8 Å². The SMILES string of the molecule is CCCCC1CC(C)=CCC1O. The van der Waals surface area contributed by atoms with Crippen molar-refractivity contribution in [3.63, 3.8) is 0 Å². The predicted molar refractivity (Wildman–Crippen MR) is 52.0 cm³/mol. The Bertz CT molecular complexity index is 160. The van der Waals surface area contributed by atoms with Gasteiger partial charge in [-0.25, -0.2) is 0 Å². The fourth-order valence-electron chi connectivity index (χ4n) is 1.91. The molecule has 70 valence electrons. The summed E-state index contributed by atoms with van der Waals surface area (Å²) in [4.78, 5) is 0. The Morgan fingerprint density at radius 1 is 1.58 bits per heavy atom. The number of rotatable bonds is 3. The van der Waals surface area contributed by atoms with Gasteiger partial charge in [0.05, 0.1) is 6.10 Å². The summed E-state index contributed by atoms with van der Waals surface area (Å²) in [6, 6.07) is 0. The molecule has 2 unspecified atom stereocenters. The molecule has 0 aliphatic heterocycles. The van der Waals surface area contributed by atoms with Crippen LogP contribution in [0.2, 0.25) is 0 Å². The molecule has 0 radical (unpaired) electrons. The molecule has 0 heterocycles. The molecule has 1 heteroatoms. The van der Waals surface area contributed by atoms with Gasteiger partial charge in [0.15, 0.2) is 0 Å². The Morgan fingerprint density at radius 3 is 3.00 bits per heavy atom. The molecule has 0 saturated heterocycles. The second-order valence-electron chi connectivity index (χ2n) is 3.96. The first kappa shape index (κ1) is 9.79. The van der Waals surface area contributed by atoms with Gasteiger partial charge in [0.25, 0.3) is 0 Å². The van der Waals surface area contributed by atoms with Gasteiger partial charge in [-0.1, -0.05) is 31.4 Å². The van der Waals surface area contributed by atoms with Crippen molar-refractivity contribution < 1.29 is 5.11 Å². The van der Waals surface area contributed by atoms with Gasteiger partial charge < -0.3 is 5.11 Å². The van der Waals surface area contributed by atoms with Gasteiger partial charge in [-0.3, -0.25) is 0 Å². The van der Waals surface area contributed by atoms with E-state index in [4.69, 9.17) is 0 Å². The summed E-state index contributed by atoms with van der Waals surface area (Å²) in [5, 5.41) is 9.67. The molecule has 1 aliphatic carbocycles. The van der Waals surface area contributed by atoms with Crippen molar-refractivity contribution in [1.82, 2.24) is 0 Å². The Labute approximate surface area is 75.5 Å². The number of unbranched alkanes of at least 4 members (excludes halogenated alkanes) is 1. The molecular weight excluding hydrogens is 148 g/mol. The normalized spacial score (nSPS) is 30.1. The standard InChI is InChI=1S/C11H20O/c1-3-4-5-10-8-9(2)6-7-11(10)12/h6,10-12H,3-5,7-8H2,1-2H3. The van der Waals surface area contributed by atoms with Gasteiger partial charge in [-0.15, -0.1) is 0 Å². The van der Waals surface area contributed by atoms with Crippen LogP contribution in [0.4, 0.5) is 0 Å². The van der Waals surface area contributed by atoms with Crippen LogP contribution in [-0.4, -0.2) is 11.2 Å². The van der Waals surface area contributed by atoms with Gasteiger partial charge in [0, 0.05) is 0 Å². The van der Waals surface area contributed by atoms with E-state index in [-0.39, 0.29) is 6.10 Å². The zero-order chi connectivity index (χ0) is 8.97. The second-order valence-corrected chi connectivity index (χ2v) is 3.96. The van der Waals surface area contributed by atoms with Gasteiger partial charge in [-0.2, -0.15) is 0 Å². The number of hydrogen-bond acceptors (Lipinski definition) is 1. The van der Waals surface area contributed by atoms with Crippen molar-refractivity contribution in [2.75, 3.05) is 0 Å². The third-order valence-electron chi connectivity index (χ3n) is 2.76. The van der Waals surface area contributed by atoms with E-state index < -0.39 is 0 Å². The Kier molecular flexibility index (Phi) is 3.80. The van der Waals surface area contributed by atoms with Crippen molar-refractivity contribution in [3.8, 4) is 0 Å². The molecule has 12 heavy (non-hydrogen) atoms. The van der Waals surface area contributed by atoms with Crippen molar-refractivity contribution in [2.24, 2.45) is 5.92 Å². The van der Waals surface area contributed by atoms with Crippen LogP contribution >= 0.6 is 0 Å².